The zero-order chi connectivity index (χ0) is 13.2. The van der Waals surface area contributed by atoms with Crippen LogP contribution in [-0.4, -0.2) is 15.9 Å². The lowest BCUT2D eigenvalue weighted by Gasteiger charge is -2.05. The molecule has 4 nitrogen and oxygen atoms in total. The molecule has 3 rings (SSSR count). The monoisotopic (exact) mass is 255 g/mol. The molecule has 1 amide bonds. The maximum Gasteiger partial charge on any atom is 0.256 e. The molecule has 2 N–H and O–H groups in total. The number of fused-ring (bicyclic) bond motifs is 1. The van der Waals surface area contributed by atoms with Crippen molar-refractivity contribution in [2.75, 3.05) is 5.32 Å². The van der Waals surface area contributed by atoms with Gasteiger partial charge >= 0.3 is 0 Å². The first kappa shape index (κ1) is 11.4. The number of rotatable bonds is 2. The molecule has 2 aromatic heterocycles. The highest BCUT2D eigenvalue weighted by Gasteiger charge is 2.11. The van der Waals surface area contributed by atoms with Gasteiger partial charge in [-0.25, -0.2) is 9.37 Å². The topological polar surface area (TPSA) is 57.8 Å². The molecular formula is C14H10FN3O. The van der Waals surface area contributed by atoms with E-state index in [2.05, 4.69) is 15.3 Å². The average molecular weight is 255 g/mol. The first-order valence-corrected chi connectivity index (χ1v) is 5.73. The first-order valence-electron chi connectivity index (χ1n) is 5.73. The number of H-pyrrole nitrogens is 1. The van der Waals surface area contributed by atoms with Crippen molar-refractivity contribution < 1.29 is 9.18 Å². The number of benzene rings is 1. The van der Waals surface area contributed by atoms with Gasteiger partial charge in [0.25, 0.3) is 5.91 Å². The summed E-state index contributed by atoms with van der Waals surface area (Å²) >= 11 is 0. The maximum absolute atomic E-state index is 12.8. The number of hydrogen-bond donors (Lipinski definition) is 2. The fraction of sp³-hybridized carbons (Fsp3) is 0. The van der Waals surface area contributed by atoms with Gasteiger partial charge < -0.3 is 10.3 Å². The highest BCUT2D eigenvalue weighted by Crippen LogP contribution is 2.17. The van der Waals surface area contributed by atoms with Crippen LogP contribution in [0.4, 0.5) is 10.1 Å². The Labute approximate surface area is 108 Å². The maximum atomic E-state index is 12.8. The molecule has 3 aromatic rings. The molecule has 94 valence electrons. The molecule has 5 heteroatoms. The van der Waals surface area contributed by atoms with Crippen molar-refractivity contribution in [1.82, 2.24) is 9.97 Å². The summed E-state index contributed by atoms with van der Waals surface area (Å²) in [6.45, 7) is 0. The van der Waals surface area contributed by atoms with Crippen molar-refractivity contribution in [3.05, 3.63) is 60.2 Å². The van der Waals surface area contributed by atoms with Gasteiger partial charge in [-0.15, -0.1) is 0 Å². The number of anilines is 1. The largest absolute Gasteiger partial charge is 0.346 e. The quantitative estimate of drug-likeness (QED) is 0.739. The minimum absolute atomic E-state index is 0.251. The second kappa shape index (κ2) is 4.53. The van der Waals surface area contributed by atoms with Gasteiger partial charge in [0.15, 0.2) is 0 Å². The number of pyridine rings is 1. The number of aromatic amines is 1. The lowest BCUT2D eigenvalue weighted by molar-refractivity contribution is 0.102. The number of carbonyl (C=O) groups excluding carboxylic acids is 1. The Hall–Kier alpha value is -2.69. The smallest absolute Gasteiger partial charge is 0.256 e. The molecule has 0 spiro atoms. The lowest BCUT2D eigenvalue weighted by atomic mass is 10.1. The zero-order valence-corrected chi connectivity index (χ0v) is 9.85. The van der Waals surface area contributed by atoms with E-state index in [0.29, 0.717) is 16.9 Å². The number of nitrogens with zero attached hydrogens (tertiary/aromatic N) is 1. The normalized spacial score (nSPS) is 10.6. The fourth-order valence-corrected chi connectivity index (χ4v) is 1.89. The second-order valence-electron chi connectivity index (χ2n) is 4.06. The molecule has 19 heavy (non-hydrogen) atoms. The summed E-state index contributed by atoms with van der Waals surface area (Å²) in [5, 5.41) is 3.47. The van der Waals surface area contributed by atoms with Crippen LogP contribution < -0.4 is 5.32 Å². The molecule has 0 saturated heterocycles. The van der Waals surface area contributed by atoms with E-state index in [1.54, 1.807) is 24.5 Å². The van der Waals surface area contributed by atoms with Gasteiger partial charge in [-0.3, -0.25) is 4.79 Å². The van der Waals surface area contributed by atoms with Crippen LogP contribution >= 0.6 is 0 Å². The third-order valence-corrected chi connectivity index (χ3v) is 2.81. The van der Waals surface area contributed by atoms with E-state index in [0.717, 1.165) is 5.39 Å². The summed E-state index contributed by atoms with van der Waals surface area (Å²) in [7, 11) is 0. The molecule has 2 heterocycles. The number of nitrogens with one attached hydrogen (secondary N) is 2. The lowest BCUT2D eigenvalue weighted by Crippen LogP contribution is -2.12. The third-order valence-electron chi connectivity index (χ3n) is 2.81. The fourth-order valence-electron chi connectivity index (χ4n) is 1.89. The average Bonchev–Trinajstić information content (AvgIpc) is 2.89. The van der Waals surface area contributed by atoms with E-state index in [9.17, 15) is 9.18 Å². The highest BCUT2D eigenvalue weighted by atomic mass is 19.1. The van der Waals surface area contributed by atoms with Crippen LogP contribution in [-0.2, 0) is 0 Å². The van der Waals surface area contributed by atoms with E-state index in [-0.39, 0.29) is 11.7 Å². The van der Waals surface area contributed by atoms with Crippen LogP contribution in [0.15, 0.2) is 48.8 Å². The van der Waals surface area contributed by atoms with Crippen molar-refractivity contribution in [3.8, 4) is 0 Å². The SMILES string of the molecule is O=C(Nc1ccc(F)cc1)c1ccnc2[nH]ccc12. The predicted molar refractivity (Wildman–Crippen MR) is 70.4 cm³/mol. The van der Waals surface area contributed by atoms with Gasteiger partial charge in [0, 0.05) is 23.5 Å². The van der Waals surface area contributed by atoms with Crippen molar-refractivity contribution in [2.24, 2.45) is 0 Å². The Morgan fingerprint density at radius 3 is 2.74 bits per heavy atom. The van der Waals surface area contributed by atoms with Crippen LogP contribution in [0.2, 0.25) is 0 Å². The summed E-state index contributed by atoms with van der Waals surface area (Å²) in [6.07, 6.45) is 3.30. The first-order chi connectivity index (χ1) is 9.24. The number of hydrogen-bond acceptors (Lipinski definition) is 2. The van der Waals surface area contributed by atoms with Crippen LogP contribution in [0.1, 0.15) is 10.4 Å². The van der Waals surface area contributed by atoms with Crippen molar-refractivity contribution in [2.45, 2.75) is 0 Å². The van der Waals surface area contributed by atoms with Gasteiger partial charge in [0.05, 0.1) is 5.56 Å². The number of halogens is 1. The standard InChI is InChI=1S/C14H10FN3O/c15-9-1-3-10(4-2-9)18-14(19)12-6-8-17-13-11(12)5-7-16-13/h1-8H,(H,16,17)(H,18,19). The van der Waals surface area contributed by atoms with Gasteiger partial charge in [-0.1, -0.05) is 0 Å². The molecule has 0 radical (unpaired) electrons. The van der Waals surface area contributed by atoms with Gasteiger partial charge in [0.1, 0.15) is 11.5 Å². The second-order valence-corrected chi connectivity index (χ2v) is 4.06. The Kier molecular flexibility index (Phi) is 2.72. The molecule has 0 atom stereocenters. The van der Waals surface area contributed by atoms with Crippen molar-refractivity contribution >= 4 is 22.6 Å². The Balaban J connectivity index is 1.92. The summed E-state index contributed by atoms with van der Waals surface area (Å²) in [6, 6.07) is 9.07. The van der Waals surface area contributed by atoms with Crippen LogP contribution in [0.3, 0.4) is 0 Å². The summed E-state index contributed by atoms with van der Waals surface area (Å²) in [5.41, 5.74) is 1.73. The third kappa shape index (κ3) is 2.18. The van der Waals surface area contributed by atoms with E-state index < -0.39 is 0 Å². The summed E-state index contributed by atoms with van der Waals surface area (Å²) in [4.78, 5) is 19.2. The van der Waals surface area contributed by atoms with Crippen LogP contribution in [0.5, 0.6) is 0 Å². The van der Waals surface area contributed by atoms with Crippen LogP contribution in [0, 0.1) is 5.82 Å². The van der Waals surface area contributed by atoms with E-state index in [1.165, 1.54) is 24.3 Å². The number of aromatic nitrogens is 2. The molecule has 0 aliphatic rings. The molecule has 0 bridgehead atoms. The molecule has 0 aliphatic heterocycles. The molecule has 0 unspecified atom stereocenters. The number of carbonyl (C=O) groups is 1. The van der Waals surface area contributed by atoms with Crippen molar-refractivity contribution in [3.63, 3.8) is 0 Å². The Morgan fingerprint density at radius 2 is 1.95 bits per heavy atom. The summed E-state index contributed by atoms with van der Waals surface area (Å²) in [5.74, 6) is -0.589. The molecular weight excluding hydrogens is 245 g/mol. The molecule has 0 aliphatic carbocycles. The summed E-state index contributed by atoms with van der Waals surface area (Å²) < 4.78 is 12.8. The van der Waals surface area contributed by atoms with Gasteiger partial charge in [-0.2, -0.15) is 0 Å². The minimum Gasteiger partial charge on any atom is -0.346 e. The zero-order valence-electron chi connectivity index (χ0n) is 9.85. The van der Waals surface area contributed by atoms with E-state index in [1.807, 2.05) is 0 Å². The Morgan fingerprint density at radius 1 is 1.16 bits per heavy atom. The number of amides is 1. The highest BCUT2D eigenvalue weighted by molar-refractivity contribution is 6.11. The molecule has 0 saturated carbocycles. The minimum atomic E-state index is -0.338. The molecule has 0 fully saturated rings. The van der Waals surface area contributed by atoms with Crippen molar-refractivity contribution in [1.29, 1.82) is 0 Å². The van der Waals surface area contributed by atoms with Gasteiger partial charge in [0.2, 0.25) is 0 Å². The van der Waals surface area contributed by atoms with Gasteiger partial charge in [-0.05, 0) is 36.4 Å². The predicted octanol–water partition coefficient (Wildman–Crippen LogP) is 2.95. The van der Waals surface area contributed by atoms with Crippen LogP contribution in [0.25, 0.3) is 11.0 Å². The Bertz CT molecular complexity index is 734. The molecule has 1 aromatic carbocycles. The van der Waals surface area contributed by atoms with E-state index in [4.69, 9.17) is 0 Å². The van der Waals surface area contributed by atoms with E-state index >= 15 is 0 Å².